The van der Waals surface area contributed by atoms with Gasteiger partial charge in [-0.1, -0.05) is 25.4 Å². The number of esters is 1. The molecule has 1 heterocycles. The van der Waals surface area contributed by atoms with E-state index in [1.165, 1.54) is 0 Å². The van der Waals surface area contributed by atoms with Crippen LogP contribution in [0.15, 0.2) is 0 Å². The molecular weight excluding hydrogens is 171 g/mol. The van der Waals surface area contributed by atoms with Gasteiger partial charge in [0.15, 0.2) is 0 Å². The summed E-state index contributed by atoms with van der Waals surface area (Å²) in [5.41, 5.74) is 0. The maximum atomic E-state index is 13.1. The van der Waals surface area contributed by atoms with Crippen molar-refractivity contribution in [2.75, 3.05) is 0 Å². The summed E-state index contributed by atoms with van der Waals surface area (Å²) in [6.45, 7) is 3.40. The number of hydrogen-bond donors (Lipinski definition) is 0. The van der Waals surface area contributed by atoms with Gasteiger partial charge >= 0.3 is 5.97 Å². The number of halogens is 2. The molecule has 2 nitrogen and oxygen atoms in total. The molecule has 3 atom stereocenters. The minimum absolute atomic E-state index is 0.370. The summed E-state index contributed by atoms with van der Waals surface area (Å²) < 4.78 is 17.8. The van der Waals surface area contributed by atoms with Gasteiger partial charge in [0.2, 0.25) is 0 Å². The summed E-state index contributed by atoms with van der Waals surface area (Å²) in [5.74, 6) is -1.50. The third-order valence-corrected chi connectivity index (χ3v) is 2.56. The molecule has 0 radical (unpaired) electrons. The molecular formula is C7H10ClFO2. The molecule has 1 saturated heterocycles. The second kappa shape index (κ2) is 2.63. The van der Waals surface area contributed by atoms with Gasteiger partial charge in [0, 0.05) is 0 Å². The Morgan fingerprint density at radius 3 is 2.55 bits per heavy atom. The molecule has 1 aliphatic rings. The van der Waals surface area contributed by atoms with Crippen molar-refractivity contribution in [1.29, 1.82) is 0 Å². The first-order valence-corrected chi connectivity index (χ1v) is 3.96. The topological polar surface area (TPSA) is 26.3 Å². The third-order valence-electron chi connectivity index (χ3n) is 2.06. The fourth-order valence-electron chi connectivity index (χ4n) is 1.17. The highest BCUT2D eigenvalue weighted by atomic mass is 35.5. The lowest BCUT2D eigenvalue weighted by Crippen LogP contribution is -2.28. The van der Waals surface area contributed by atoms with Crippen LogP contribution in [-0.4, -0.2) is 17.2 Å². The minimum atomic E-state index is -2.30. The van der Waals surface area contributed by atoms with E-state index in [4.69, 9.17) is 16.3 Å². The van der Waals surface area contributed by atoms with Crippen molar-refractivity contribution in [2.45, 2.75) is 31.5 Å². The van der Waals surface area contributed by atoms with E-state index in [0.717, 1.165) is 0 Å². The van der Waals surface area contributed by atoms with Crippen LogP contribution >= 0.6 is 11.6 Å². The molecule has 0 aliphatic carbocycles. The van der Waals surface area contributed by atoms with Crippen LogP contribution in [0.2, 0.25) is 0 Å². The van der Waals surface area contributed by atoms with Crippen LogP contribution in [0.25, 0.3) is 0 Å². The third kappa shape index (κ3) is 1.22. The number of carbonyl (C=O) groups excluding carboxylic acids is 1. The molecule has 0 amide bonds. The molecule has 4 heteroatoms. The van der Waals surface area contributed by atoms with Crippen LogP contribution in [-0.2, 0) is 9.53 Å². The highest BCUT2D eigenvalue weighted by molar-refractivity contribution is 6.33. The lowest BCUT2D eigenvalue weighted by molar-refractivity contribution is -0.146. The Morgan fingerprint density at radius 1 is 1.82 bits per heavy atom. The molecule has 1 rings (SSSR count). The molecule has 0 bridgehead atoms. The van der Waals surface area contributed by atoms with Crippen LogP contribution in [0, 0.1) is 5.92 Å². The number of cyclic esters (lactones) is 1. The van der Waals surface area contributed by atoms with E-state index < -0.39 is 17.0 Å². The van der Waals surface area contributed by atoms with Gasteiger partial charge in [-0.2, -0.15) is 0 Å². The summed E-state index contributed by atoms with van der Waals surface area (Å²) >= 11 is 5.30. The smallest absolute Gasteiger partial charge is 0.360 e. The monoisotopic (exact) mass is 180 g/mol. The number of alkyl halides is 2. The number of hydrogen-bond acceptors (Lipinski definition) is 2. The Morgan fingerprint density at radius 2 is 2.36 bits per heavy atom. The highest BCUT2D eigenvalue weighted by Crippen LogP contribution is 2.39. The number of rotatable bonds is 1. The van der Waals surface area contributed by atoms with Crippen LogP contribution in [0.3, 0.4) is 0 Å². The molecule has 0 saturated carbocycles. The Bertz CT molecular complexity index is 181. The molecule has 0 N–H and O–H groups in total. The van der Waals surface area contributed by atoms with Crippen LogP contribution in [0.4, 0.5) is 4.39 Å². The summed E-state index contributed by atoms with van der Waals surface area (Å²) in [4.78, 5) is 10.7. The summed E-state index contributed by atoms with van der Waals surface area (Å²) in [6, 6.07) is 0. The van der Waals surface area contributed by atoms with Gasteiger partial charge in [0.25, 0.3) is 5.13 Å². The van der Waals surface area contributed by atoms with Gasteiger partial charge in [0.05, 0.1) is 5.92 Å². The first-order valence-electron chi connectivity index (χ1n) is 3.59. The van der Waals surface area contributed by atoms with E-state index >= 15 is 0 Å². The normalized spacial score (nSPS) is 44.2. The van der Waals surface area contributed by atoms with Crippen molar-refractivity contribution in [3.63, 3.8) is 0 Å². The first-order chi connectivity index (χ1) is 5.00. The zero-order valence-electron chi connectivity index (χ0n) is 6.43. The van der Waals surface area contributed by atoms with Crippen molar-refractivity contribution in [1.82, 2.24) is 0 Å². The molecule has 1 aliphatic heterocycles. The highest BCUT2D eigenvalue weighted by Gasteiger charge is 2.54. The van der Waals surface area contributed by atoms with Gasteiger partial charge in [0.1, 0.15) is 6.10 Å². The molecule has 64 valence electrons. The Kier molecular flexibility index (Phi) is 2.10. The SMILES string of the molecule is CC[C@H]1OC(=O)[C@](F)(Cl)[C@@H]1C. The summed E-state index contributed by atoms with van der Waals surface area (Å²) in [7, 11) is 0. The van der Waals surface area contributed by atoms with E-state index in [2.05, 4.69) is 0 Å². The van der Waals surface area contributed by atoms with Gasteiger partial charge < -0.3 is 4.74 Å². The molecule has 0 aromatic rings. The van der Waals surface area contributed by atoms with Gasteiger partial charge in [-0.05, 0) is 6.42 Å². The molecule has 11 heavy (non-hydrogen) atoms. The Labute approximate surface area is 69.7 Å². The van der Waals surface area contributed by atoms with Gasteiger partial charge in [-0.15, -0.1) is 0 Å². The average molecular weight is 181 g/mol. The van der Waals surface area contributed by atoms with Crippen molar-refractivity contribution in [2.24, 2.45) is 5.92 Å². The lowest BCUT2D eigenvalue weighted by atomic mass is 10.0. The van der Waals surface area contributed by atoms with E-state index in [-0.39, 0.29) is 6.10 Å². The van der Waals surface area contributed by atoms with Crippen LogP contribution < -0.4 is 0 Å². The first kappa shape index (κ1) is 8.78. The molecule has 0 aromatic heterocycles. The predicted molar refractivity (Wildman–Crippen MR) is 39.0 cm³/mol. The van der Waals surface area contributed by atoms with Crippen molar-refractivity contribution in [3.8, 4) is 0 Å². The lowest BCUT2D eigenvalue weighted by Gasteiger charge is -2.13. The zero-order chi connectivity index (χ0) is 8.65. The number of ether oxygens (including phenoxy) is 1. The standard InChI is InChI=1S/C7H10ClFO2/c1-3-5-4(2)7(8,9)6(10)11-5/h4-5H,3H2,1-2H3/t4-,5-,7+/m1/s1. The van der Waals surface area contributed by atoms with Crippen molar-refractivity contribution < 1.29 is 13.9 Å². The van der Waals surface area contributed by atoms with E-state index in [9.17, 15) is 9.18 Å². The molecule has 0 spiro atoms. The second-order valence-corrected chi connectivity index (χ2v) is 3.31. The van der Waals surface area contributed by atoms with Gasteiger partial charge in [-0.3, -0.25) is 0 Å². The Balaban J connectivity index is 2.80. The van der Waals surface area contributed by atoms with Crippen LogP contribution in [0.1, 0.15) is 20.3 Å². The van der Waals surface area contributed by atoms with Crippen LogP contribution in [0.5, 0.6) is 0 Å². The minimum Gasteiger partial charge on any atom is -0.459 e. The molecule has 0 unspecified atom stereocenters. The van der Waals surface area contributed by atoms with Crippen molar-refractivity contribution in [3.05, 3.63) is 0 Å². The number of carbonyl (C=O) groups is 1. The fourth-order valence-corrected chi connectivity index (χ4v) is 1.36. The second-order valence-electron chi connectivity index (χ2n) is 2.76. The fraction of sp³-hybridized carbons (Fsp3) is 0.857. The quantitative estimate of drug-likeness (QED) is 0.455. The largest absolute Gasteiger partial charge is 0.459 e. The van der Waals surface area contributed by atoms with E-state index in [1.807, 2.05) is 6.92 Å². The predicted octanol–water partition coefficient (Wildman–Crippen LogP) is 1.86. The van der Waals surface area contributed by atoms with E-state index in [0.29, 0.717) is 6.42 Å². The molecule has 0 aromatic carbocycles. The summed E-state index contributed by atoms with van der Waals surface area (Å²) in [5, 5.41) is -2.30. The maximum absolute atomic E-state index is 13.1. The maximum Gasteiger partial charge on any atom is 0.360 e. The van der Waals surface area contributed by atoms with E-state index in [1.54, 1.807) is 6.92 Å². The van der Waals surface area contributed by atoms with Gasteiger partial charge in [-0.25, -0.2) is 9.18 Å². The Hall–Kier alpha value is -0.310. The molecule has 1 fully saturated rings. The zero-order valence-corrected chi connectivity index (χ0v) is 7.19. The van der Waals surface area contributed by atoms with Crippen molar-refractivity contribution >= 4 is 17.6 Å². The summed E-state index contributed by atoms with van der Waals surface area (Å²) in [6.07, 6.45) is 0.232. The average Bonchev–Trinajstić information content (AvgIpc) is 2.14.